The van der Waals surface area contributed by atoms with E-state index in [0.717, 1.165) is 12.3 Å². The lowest BCUT2D eigenvalue weighted by Gasteiger charge is -2.25. The molecular weight excluding hydrogens is 306 g/mol. The van der Waals surface area contributed by atoms with Gasteiger partial charge in [0.2, 0.25) is 0 Å². The zero-order valence-electron chi connectivity index (χ0n) is 11.0. The number of hydrogen-bond acceptors (Lipinski definition) is 2. The van der Waals surface area contributed by atoms with Gasteiger partial charge in [-0.25, -0.2) is 0 Å². The van der Waals surface area contributed by atoms with E-state index in [4.69, 9.17) is 4.74 Å². The minimum atomic E-state index is -0.0372. The zero-order valence-corrected chi connectivity index (χ0v) is 12.6. The van der Waals surface area contributed by atoms with Crippen molar-refractivity contribution in [2.75, 3.05) is 13.2 Å². The maximum atomic E-state index is 11.7. The molecule has 1 aromatic rings. The van der Waals surface area contributed by atoms with Crippen LogP contribution in [0, 0.1) is 5.92 Å². The van der Waals surface area contributed by atoms with Gasteiger partial charge in [0, 0.05) is 11.4 Å². The molecule has 1 aliphatic carbocycles. The van der Waals surface area contributed by atoms with E-state index in [1.807, 2.05) is 30.3 Å². The number of benzene rings is 1. The van der Waals surface area contributed by atoms with Crippen molar-refractivity contribution in [3.63, 3.8) is 0 Å². The molecular formula is C15H20BrNO2. The van der Waals surface area contributed by atoms with Crippen LogP contribution in [-0.2, 0) is 4.79 Å². The smallest absolute Gasteiger partial charge is 0.257 e. The molecule has 0 aromatic heterocycles. The van der Waals surface area contributed by atoms with Gasteiger partial charge in [0.25, 0.3) is 5.91 Å². The van der Waals surface area contributed by atoms with Crippen molar-refractivity contribution in [1.82, 2.24) is 5.32 Å². The predicted molar refractivity (Wildman–Crippen MR) is 79.6 cm³/mol. The van der Waals surface area contributed by atoms with Crippen LogP contribution in [0.25, 0.3) is 0 Å². The average molecular weight is 326 g/mol. The van der Waals surface area contributed by atoms with Gasteiger partial charge in [-0.1, -0.05) is 34.1 Å². The van der Waals surface area contributed by atoms with Crippen LogP contribution >= 0.6 is 15.9 Å². The molecule has 0 saturated heterocycles. The summed E-state index contributed by atoms with van der Waals surface area (Å²) in [4.78, 5) is 12.3. The summed E-state index contributed by atoms with van der Waals surface area (Å²) in [5.41, 5.74) is 0. The first-order chi connectivity index (χ1) is 9.24. The van der Waals surface area contributed by atoms with Crippen molar-refractivity contribution >= 4 is 21.8 Å². The Labute approximate surface area is 122 Å². The number of rotatable bonds is 5. The molecule has 1 amide bonds. The SMILES string of the molecule is O=C(COc1ccccc1)NCC1CCC(Br)CC1. The Kier molecular flexibility index (Phi) is 5.70. The minimum absolute atomic E-state index is 0.0372. The average Bonchev–Trinajstić information content (AvgIpc) is 2.45. The number of para-hydroxylation sites is 1. The Bertz CT molecular complexity index is 388. The van der Waals surface area contributed by atoms with E-state index in [0.29, 0.717) is 10.7 Å². The number of nitrogens with one attached hydrogen (secondary N) is 1. The standard InChI is InChI=1S/C15H20BrNO2/c16-13-8-6-12(7-9-13)10-17-15(18)11-19-14-4-2-1-3-5-14/h1-5,12-13H,6-11H2,(H,17,18). The van der Waals surface area contributed by atoms with E-state index < -0.39 is 0 Å². The van der Waals surface area contributed by atoms with E-state index in [2.05, 4.69) is 21.2 Å². The highest BCUT2D eigenvalue weighted by atomic mass is 79.9. The number of alkyl halides is 1. The molecule has 0 radical (unpaired) electrons. The van der Waals surface area contributed by atoms with Gasteiger partial charge in [-0.3, -0.25) is 4.79 Å². The summed E-state index contributed by atoms with van der Waals surface area (Å²) < 4.78 is 5.41. The van der Waals surface area contributed by atoms with Crippen LogP contribution in [0.5, 0.6) is 5.75 Å². The van der Waals surface area contributed by atoms with Crippen LogP contribution in [0.15, 0.2) is 30.3 Å². The molecule has 0 heterocycles. The van der Waals surface area contributed by atoms with Gasteiger partial charge in [-0.2, -0.15) is 0 Å². The molecule has 1 saturated carbocycles. The molecule has 1 aliphatic rings. The molecule has 0 aliphatic heterocycles. The summed E-state index contributed by atoms with van der Waals surface area (Å²) in [5.74, 6) is 1.32. The molecule has 0 atom stereocenters. The van der Waals surface area contributed by atoms with Crippen molar-refractivity contribution in [3.8, 4) is 5.75 Å². The largest absolute Gasteiger partial charge is 0.484 e. The lowest BCUT2D eigenvalue weighted by atomic mass is 9.89. The first kappa shape index (κ1) is 14.4. The van der Waals surface area contributed by atoms with E-state index in [9.17, 15) is 4.79 Å². The summed E-state index contributed by atoms with van der Waals surface area (Å²) in [7, 11) is 0. The molecule has 3 nitrogen and oxygen atoms in total. The molecule has 19 heavy (non-hydrogen) atoms. The molecule has 4 heteroatoms. The number of carbonyl (C=O) groups is 1. The predicted octanol–water partition coefficient (Wildman–Crippen LogP) is 3.14. The van der Waals surface area contributed by atoms with E-state index in [1.54, 1.807) is 0 Å². The molecule has 1 fully saturated rings. The lowest BCUT2D eigenvalue weighted by Crippen LogP contribution is -2.34. The van der Waals surface area contributed by atoms with E-state index >= 15 is 0 Å². The Morgan fingerprint density at radius 3 is 2.58 bits per heavy atom. The quantitative estimate of drug-likeness (QED) is 0.844. The lowest BCUT2D eigenvalue weighted by molar-refractivity contribution is -0.123. The summed E-state index contributed by atoms with van der Waals surface area (Å²) in [5, 5.41) is 2.96. The number of hydrogen-bond donors (Lipinski definition) is 1. The van der Waals surface area contributed by atoms with Crippen molar-refractivity contribution in [3.05, 3.63) is 30.3 Å². The third kappa shape index (κ3) is 5.23. The molecule has 0 bridgehead atoms. The third-order valence-electron chi connectivity index (χ3n) is 3.48. The van der Waals surface area contributed by atoms with Crippen molar-refractivity contribution in [2.45, 2.75) is 30.5 Å². The summed E-state index contributed by atoms with van der Waals surface area (Å²) in [6, 6.07) is 9.42. The Morgan fingerprint density at radius 2 is 1.89 bits per heavy atom. The van der Waals surface area contributed by atoms with Gasteiger partial charge in [-0.05, 0) is 43.7 Å². The van der Waals surface area contributed by atoms with Crippen LogP contribution in [0.4, 0.5) is 0 Å². The molecule has 1 N–H and O–H groups in total. The van der Waals surface area contributed by atoms with Crippen LogP contribution in [0.1, 0.15) is 25.7 Å². The second kappa shape index (κ2) is 7.53. The fourth-order valence-corrected chi connectivity index (χ4v) is 2.83. The number of amides is 1. The van der Waals surface area contributed by atoms with Crippen LogP contribution in [0.2, 0.25) is 0 Å². The summed E-state index contributed by atoms with van der Waals surface area (Å²) >= 11 is 3.64. The van der Waals surface area contributed by atoms with Gasteiger partial charge in [-0.15, -0.1) is 0 Å². The Morgan fingerprint density at radius 1 is 1.21 bits per heavy atom. The monoisotopic (exact) mass is 325 g/mol. The molecule has 104 valence electrons. The van der Waals surface area contributed by atoms with Crippen molar-refractivity contribution in [1.29, 1.82) is 0 Å². The van der Waals surface area contributed by atoms with Gasteiger partial charge >= 0.3 is 0 Å². The summed E-state index contributed by atoms with van der Waals surface area (Å²) in [6.45, 7) is 0.870. The number of ether oxygens (including phenoxy) is 1. The van der Waals surface area contributed by atoms with Gasteiger partial charge in [0.15, 0.2) is 6.61 Å². The first-order valence-corrected chi connectivity index (χ1v) is 7.74. The first-order valence-electron chi connectivity index (χ1n) is 6.82. The molecule has 1 aromatic carbocycles. The second-order valence-corrected chi connectivity index (χ2v) is 6.32. The normalized spacial score (nSPS) is 22.8. The van der Waals surface area contributed by atoms with E-state index in [-0.39, 0.29) is 12.5 Å². The number of halogens is 1. The Balaban J connectivity index is 1.62. The third-order valence-corrected chi connectivity index (χ3v) is 4.39. The highest BCUT2D eigenvalue weighted by Gasteiger charge is 2.19. The minimum Gasteiger partial charge on any atom is -0.484 e. The molecule has 2 rings (SSSR count). The molecule has 0 spiro atoms. The van der Waals surface area contributed by atoms with Crippen LogP contribution < -0.4 is 10.1 Å². The van der Waals surface area contributed by atoms with Crippen LogP contribution in [-0.4, -0.2) is 23.9 Å². The maximum Gasteiger partial charge on any atom is 0.257 e. The zero-order chi connectivity index (χ0) is 13.5. The van der Waals surface area contributed by atoms with Gasteiger partial charge < -0.3 is 10.1 Å². The van der Waals surface area contributed by atoms with Crippen molar-refractivity contribution in [2.24, 2.45) is 5.92 Å². The van der Waals surface area contributed by atoms with Crippen LogP contribution in [0.3, 0.4) is 0 Å². The topological polar surface area (TPSA) is 38.3 Å². The fourth-order valence-electron chi connectivity index (χ4n) is 2.30. The second-order valence-electron chi connectivity index (χ2n) is 5.02. The summed E-state index contributed by atoms with van der Waals surface area (Å²) in [6.07, 6.45) is 4.80. The number of carbonyl (C=O) groups excluding carboxylic acids is 1. The highest BCUT2D eigenvalue weighted by Crippen LogP contribution is 2.28. The van der Waals surface area contributed by atoms with E-state index in [1.165, 1.54) is 25.7 Å². The molecule has 0 unspecified atom stereocenters. The Hall–Kier alpha value is -1.03. The fraction of sp³-hybridized carbons (Fsp3) is 0.533. The van der Waals surface area contributed by atoms with Crippen molar-refractivity contribution < 1.29 is 9.53 Å². The maximum absolute atomic E-state index is 11.7. The van der Waals surface area contributed by atoms with Gasteiger partial charge in [0.05, 0.1) is 0 Å². The van der Waals surface area contributed by atoms with Gasteiger partial charge in [0.1, 0.15) is 5.75 Å². The highest BCUT2D eigenvalue weighted by molar-refractivity contribution is 9.09.